The van der Waals surface area contributed by atoms with E-state index in [-0.39, 0.29) is 26.9 Å². The Bertz CT molecular complexity index is 1060. The third-order valence-corrected chi connectivity index (χ3v) is 6.87. The molecule has 0 unspecified atom stereocenters. The quantitative estimate of drug-likeness (QED) is 0.584. The van der Waals surface area contributed by atoms with Crippen LogP contribution in [0.25, 0.3) is 0 Å². The maximum Gasteiger partial charge on any atom is 0.348 e. The van der Waals surface area contributed by atoms with E-state index in [1.54, 1.807) is 13.8 Å². The van der Waals surface area contributed by atoms with Gasteiger partial charge in [-0.05, 0) is 43.7 Å². The monoisotopic (exact) mass is 454 g/mol. The molecule has 0 atom stereocenters. The Kier molecular flexibility index (Phi) is 7.57. The number of benzene rings is 1. The first-order valence-corrected chi connectivity index (χ1v) is 11.3. The summed E-state index contributed by atoms with van der Waals surface area (Å²) in [5, 5.41) is 4.95. The molecular weight excluding hydrogens is 432 g/mol. The number of nitrogens with one attached hydrogen (secondary N) is 2. The first kappa shape index (κ1) is 23.4. The largest absolute Gasteiger partial charge is 0.497 e. The van der Waals surface area contributed by atoms with Crippen molar-refractivity contribution in [1.29, 1.82) is 0 Å². The molecule has 9 nitrogen and oxygen atoms in total. The van der Waals surface area contributed by atoms with Gasteiger partial charge in [-0.15, -0.1) is 11.3 Å². The Morgan fingerprint density at radius 1 is 1.13 bits per heavy atom. The number of sulfone groups is 1. The van der Waals surface area contributed by atoms with E-state index in [0.29, 0.717) is 11.3 Å². The fourth-order valence-electron chi connectivity index (χ4n) is 2.59. The van der Waals surface area contributed by atoms with E-state index < -0.39 is 33.4 Å². The standard InChI is InChI=1S/C19H22N2O7S2/c1-5-28-19(24)16-11(2)15(17(23)20-3)18(29-16)21-14(22)10-30(25,26)13-8-6-12(27-4)7-9-13/h6-9H,5,10H2,1-4H3,(H,20,23)(H,21,22). The zero-order valence-electron chi connectivity index (χ0n) is 16.9. The lowest BCUT2D eigenvalue weighted by atomic mass is 10.1. The van der Waals surface area contributed by atoms with Crippen molar-refractivity contribution in [3.8, 4) is 5.75 Å². The summed E-state index contributed by atoms with van der Waals surface area (Å²) in [7, 11) is -1.07. The number of methoxy groups -OCH3 is 1. The average Bonchev–Trinajstić information content (AvgIpc) is 3.03. The van der Waals surface area contributed by atoms with Crippen molar-refractivity contribution in [2.75, 3.05) is 31.8 Å². The SMILES string of the molecule is CCOC(=O)c1sc(NC(=O)CS(=O)(=O)c2ccc(OC)cc2)c(C(=O)NC)c1C. The molecular formula is C19H22N2O7S2. The van der Waals surface area contributed by atoms with Gasteiger partial charge < -0.3 is 20.1 Å². The summed E-state index contributed by atoms with van der Waals surface area (Å²) in [6, 6.07) is 5.63. The molecule has 11 heteroatoms. The molecule has 0 saturated heterocycles. The Morgan fingerprint density at radius 2 is 1.77 bits per heavy atom. The number of carbonyl (C=O) groups is 3. The van der Waals surface area contributed by atoms with Crippen molar-refractivity contribution in [2.24, 2.45) is 0 Å². The second-order valence-electron chi connectivity index (χ2n) is 6.04. The van der Waals surface area contributed by atoms with Crippen molar-refractivity contribution in [2.45, 2.75) is 18.7 Å². The van der Waals surface area contributed by atoms with E-state index in [4.69, 9.17) is 9.47 Å². The molecule has 2 N–H and O–H groups in total. The number of thiophene rings is 1. The molecule has 2 amide bonds. The van der Waals surface area contributed by atoms with Crippen LogP contribution in [0.1, 0.15) is 32.5 Å². The molecule has 0 saturated carbocycles. The second kappa shape index (κ2) is 9.72. The van der Waals surface area contributed by atoms with E-state index in [2.05, 4.69) is 10.6 Å². The minimum Gasteiger partial charge on any atom is -0.497 e. The van der Waals surface area contributed by atoms with Gasteiger partial charge in [0.2, 0.25) is 5.91 Å². The van der Waals surface area contributed by atoms with Gasteiger partial charge in [-0.25, -0.2) is 13.2 Å². The average molecular weight is 455 g/mol. The lowest BCUT2D eigenvalue weighted by Crippen LogP contribution is -2.25. The number of esters is 1. The number of hydrogen-bond donors (Lipinski definition) is 2. The second-order valence-corrected chi connectivity index (χ2v) is 9.05. The molecule has 162 valence electrons. The maximum atomic E-state index is 12.5. The van der Waals surface area contributed by atoms with Gasteiger partial charge in [0, 0.05) is 7.05 Å². The summed E-state index contributed by atoms with van der Waals surface area (Å²) in [6.45, 7) is 3.34. The smallest absolute Gasteiger partial charge is 0.348 e. The van der Waals surface area contributed by atoms with Gasteiger partial charge in [0.1, 0.15) is 21.4 Å². The molecule has 0 spiro atoms. The van der Waals surface area contributed by atoms with Crippen LogP contribution in [0.15, 0.2) is 29.2 Å². The van der Waals surface area contributed by atoms with E-state index >= 15 is 0 Å². The highest BCUT2D eigenvalue weighted by Gasteiger charge is 2.27. The first-order valence-electron chi connectivity index (χ1n) is 8.83. The predicted octanol–water partition coefficient (Wildman–Crippen LogP) is 2.01. The van der Waals surface area contributed by atoms with Crippen molar-refractivity contribution in [3.63, 3.8) is 0 Å². The summed E-state index contributed by atoms with van der Waals surface area (Å²) < 4.78 is 35.0. The van der Waals surface area contributed by atoms with Gasteiger partial charge in [-0.2, -0.15) is 0 Å². The predicted molar refractivity (Wildman–Crippen MR) is 112 cm³/mol. The molecule has 1 heterocycles. The Morgan fingerprint density at radius 3 is 2.30 bits per heavy atom. The molecule has 0 bridgehead atoms. The van der Waals surface area contributed by atoms with E-state index in [1.807, 2.05) is 0 Å². The van der Waals surface area contributed by atoms with Crippen LogP contribution in [-0.2, 0) is 19.4 Å². The number of carbonyl (C=O) groups excluding carboxylic acids is 3. The van der Waals surface area contributed by atoms with Crippen LogP contribution in [0.2, 0.25) is 0 Å². The molecule has 0 aliphatic carbocycles. The fourth-order valence-corrected chi connectivity index (χ4v) is 4.84. The molecule has 2 rings (SSSR count). The first-order chi connectivity index (χ1) is 14.1. The topological polar surface area (TPSA) is 128 Å². The highest BCUT2D eigenvalue weighted by atomic mass is 32.2. The third-order valence-electron chi connectivity index (χ3n) is 4.05. The van der Waals surface area contributed by atoms with Gasteiger partial charge >= 0.3 is 5.97 Å². The van der Waals surface area contributed by atoms with Crippen LogP contribution in [0.4, 0.5) is 5.00 Å². The lowest BCUT2D eigenvalue weighted by molar-refractivity contribution is -0.113. The maximum absolute atomic E-state index is 12.5. The van der Waals surface area contributed by atoms with E-state index in [9.17, 15) is 22.8 Å². The summed E-state index contributed by atoms with van der Waals surface area (Å²) in [5.74, 6) is -2.34. The summed E-state index contributed by atoms with van der Waals surface area (Å²) in [6.07, 6.45) is 0. The molecule has 0 aliphatic heterocycles. The summed E-state index contributed by atoms with van der Waals surface area (Å²) in [5.41, 5.74) is 0.423. The van der Waals surface area contributed by atoms with Crippen molar-refractivity contribution < 1.29 is 32.3 Å². The number of amides is 2. The van der Waals surface area contributed by atoms with E-state index in [1.165, 1.54) is 38.4 Å². The number of anilines is 1. The number of ether oxygens (including phenoxy) is 2. The number of hydrogen-bond acceptors (Lipinski definition) is 8. The van der Waals surface area contributed by atoms with Crippen LogP contribution < -0.4 is 15.4 Å². The van der Waals surface area contributed by atoms with Crippen LogP contribution in [0.3, 0.4) is 0 Å². The highest BCUT2D eigenvalue weighted by molar-refractivity contribution is 7.92. The van der Waals surface area contributed by atoms with Gasteiger partial charge in [0.05, 0.1) is 24.2 Å². The molecule has 1 aromatic heterocycles. The number of rotatable bonds is 8. The molecule has 2 aromatic rings. The molecule has 0 radical (unpaired) electrons. The van der Waals surface area contributed by atoms with E-state index in [0.717, 1.165) is 11.3 Å². The normalized spacial score (nSPS) is 10.9. The minimum atomic E-state index is -3.93. The summed E-state index contributed by atoms with van der Waals surface area (Å²) in [4.78, 5) is 37.0. The fraction of sp³-hybridized carbons (Fsp3) is 0.316. The lowest BCUT2D eigenvalue weighted by Gasteiger charge is -2.08. The van der Waals surface area contributed by atoms with Gasteiger partial charge in [-0.3, -0.25) is 9.59 Å². The Hall–Kier alpha value is -2.92. The molecule has 30 heavy (non-hydrogen) atoms. The van der Waals surface area contributed by atoms with Crippen LogP contribution in [0, 0.1) is 6.92 Å². The third kappa shape index (κ3) is 5.16. The van der Waals surface area contributed by atoms with Gasteiger partial charge in [0.15, 0.2) is 9.84 Å². The summed E-state index contributed by atoms with van der Waals surface area (Å²) >= 11 is 0.854. The van der Waals surface area contributed by atoms with Gasteiger partial charge in [-0.1, -0.05) is 0 Å². The van der Waals surface area contributed by atoms with Crippen LogP contribution in [0.5, 0.6) is 5.75 Å². The highest BCUT2D eigenvalue weighted by Crippen LogP contribution is 2.33. The molecule has 1 aromatic carbocycles. The van der Waals surface area contributed by atoms with Crippen molar-refractivity contribution in [1.82, 2.24) is 5.32 Å². The molecule has 0 fully saturated rings. The minimum absolute atomic E-state index is 0.0421. The van der Waals surface area contributed by atoms with Crippen LogP contribution >= 0.6 is 11.3 Å². The Labute approximate surface area is 178 Å². The zero-order valence-corrected chi connectivity index (χ0v) is 18.5. The zero-order chi connectivity index (χ0) is 22.5. The molecule has 0 aliphatic rings. The van der Waals surface area contributed by atoms with Crippen molar-refractivity contribution >= 4 is 44.0 Å². The van der Waals surface area contributed by atoms with Crippen LogP contribution in [-0.4, -0.2) is 52.7 Å². The van der Waals surface area contributed by atoms with Crippen molar-refractivity contribution in [3.05, 3.63) is 40.3 Å². The Balaban J connectivity index is 2.29. The van der Waals surface area contributed by atoms with Gasteiger partial charge in [0.25, 0.3) is 5.91 Å².